The number of ether oxygens (including phenoxy) is 1. The van der Waals surface area contributed by atoms with E-state index in [2.05, 4.69) is 4.72 Å². The molecule has 33 heavy (non-hydrogen) atoms. The van der Waals surface area contributed by atoms with Gasteiger partial charge in [-0.15, -0.1) is 0 Å². The zero-order valence-electron chi connectivity index (χ0n) is 17.8. The second-order valence-corrected chi connectivity index (χ2v) is 8.93. The Morgan fingerprint density at radius 1 is 0.970 bits per heavy atom. The number of rotatable bonds is 8. The van der Waals surface area contributed by atoms with Gasteiger partial charge in [0.25, 0.3) is 15.7 Å². The number of carbonyl (C=O) groups is 2. The van der Waals surface area contributed by atoms with Crippen molar-refractivity contribution in [1.29, 1.82) is 0 Å². The van der Waals surface area contributed by atoms with Crippen molar-refractivity contribution in [2.24, 2.45) is 0 Å². The molecule has 0 saturated carbocycles. The summed E-state index contributed by atoms with van der Waals surface area (Å²) < 4.78 is 33.0. The molecule has 0 unspecified atom stereocenters. The molecule has 10 heteroatoms. The number of benzene rings is 3. The molecule has 170 valence electrons. The number of hydrogen-bond acceptors (Lipinski definition) is 7. The fraction of sp³-hybridized carbons (Fsp3) is 0.130. The minimum atomic E-state index is -3.96. The lowest BCUT2D eigenvalue weighted by atomic mass is 10.1. The molecule has 3 rings (SSSR count). The maximum absolute atomic E-state index is 12.7. The summed E-state index contributed by atoms with van der Waals surface area (Å²) in [5.41, 5.74) is 1.79. The highest BCUT2D eigenvalue weighted by molar-refractivity contribution is 7.92. The second kappa shape index (κ2) is 9.61. The van der Waals surface area contributed by atoms with E-state index in [-0.39, 0.29) is 21.7 Å². The summed E-state index contributed by atoms with van der Waals surface area (Å²) in [6.45, 7) is 2.88. The monoisotopic (exact) mass is 468 g/mol. The SMILES string of the molecule is Cc1ccc(NS(=O)(=O)c2ccc(C)c(C(=O)OCC(=O)c3ccc([N+](=O)[O-])cc3)c2)cc1. The standard InChI is InChI=1S/C23H20N2O7S/c1-15-3-8-18(9-4-15)24-33(30,31)20-12-5-16(2)21(13-20)23(27)32-14-22(26)17-6-10-19(11-7-17)25(28)29/h3-13,24H,14H2,1-2H3. The predicted molar refractivity (Wildman–Crippen MR) is 121 cm³/mol. The van der Waals surface area contributed by atoms with Gasteiger partial charge in [0, 0.05) is 23.4 Å². The molecule has 0 bridgehead atoms. The van der Waals surface area contributed by atoms with Gasteiger partial charge in [0.05, 0.1) is 15.4 Å². The Balaban J connectivity index is 1.72. The van der Waals surface area contributed by atoms with Crippen molar-refractivity contribution < 1.29 is 27.7 Å². The molecule has 0 aliphatic carbocycles. The highest BCUT2D eigenvalue weighted by Gasteiger charge is 2.20. The fourth-order valence-corrected chi connectivity index (χ4v) is 3.97. The van der Waals surface area contributed by atoms with Crippen LogP contribution in [-0.2, 0) is 14.8 Å². The number of sulfonamides is 1. The van der Waals surface area contributed by atoms with Crippen LogP contribution in [0.4, 0.5) is 11.4 Å². The molecule has 0 aromatic heterocycles. The van der Waals surface area contributed by atoms with Gasteiger partial charge in [-0.2, -0.15) is 0 Å². The van der Waals surface area contributed by atoms with Crippen molar-refractivity contribution in [2.45, 2.75) is 18.7 Å². The van der Waals surface area contributed by atoms with Crippen LogP contribution in [0.1, 0.15) is 31.8 Å². The molecule has 0 radical (unpaired) electrons. The number of ketones is 1. The number of anilines is 1. The third kappa shape index (κ3) is 5.80. The van der Waals surface area contributed by atoms with E-state index in [1.807, 2.05) is 6.92 Å². The van der Waals surface area contributed by atoms with Crippen LogP contribution >= 0.6 is 0 Å². The fourth-order valence-electron chi connectivity index (χ4n) is 2.89. The Hall–Kier alpha value is -4.05. The quantitative estimate of drug-likeness (QED) is 0.228. The molecule has 3 aromatic rings. The molecular weight excluding hydrogens is 448 g/mol. The summed E-state index contributed by atoms with van der Waals surface area (Å²) in [5, 5.41) is 10.7. The van der Waals surface area contributed by atoms with Gasteiger partial charge < -0.3 is 4.74 Å². The van der Waals surface area contributed by atoms with Crippen molar-refractivity contribution in [3.63, 3.8) is 0 Å². The minimum Gasteiger partial charge on any atom is -0.454 e. The van der Waals surface area contributed by atoms with Crippen molar-refractivity contribution in [2.75, 3.05) is 11.3 Å². The lowest BCUT2D eigenvalue weighted by Gasteiger charge is -2.11. The molecule has 0 saturated heterocycles. The van der Waals surface area contributed by atoms with E-state index in [1.54, 1.807) is 31.2 Å². The first-order valence-electron chi connectivity index (χ1n) is 9.72. The molecule has 0 aliphatic heterocycles. The van der Waals surface area contributed by atoms with Gasteiger partial charge in [0.1, 0.15) is 0 Å². The maximum atomic E-state index is 12.7. The van der Waals surface area contributed by atoms with E-state index in [1.165, 1.54) is 42.5 Å². The van der Waals surface area contributed by atoms with Gasteiger partial charge in [0.2, 0.25) is 0 Å². The first kappa shape index (κ1) is 23.6. The summed E-state index contributed by atoms with van der Waals surface area (Å²) >= 11 is 0. The summed E-state index contributed by atoms with van der Waals surface area (Å²) in [7, 11) is -3.96. The number of nitrogens with zero attached hydrogens (tertiary/aromatic N) is 1. The van der Waals surface area contributed by atoms with Crippen LogP contribution in [-0.4, -0.2) is 31.7 Å². The Bertz CT molecular complexity index is 1320. The summed E-state index contributed by atoms with van der Waals surface area (Å²) in [6.07, 6.45) is 0. The third-order valence-corrected chi connectivity index (χ3v) is 6.16. The van der Waals surface area contributed by atoms with E-state index in [4.69, 9.17) is 4.74 Å². The molecular formula is C23H20N2O7S. The van der Waals surface area contributed by atoms with E-state index in [9.17, 15) is 28.1 Å². The van der Waals surface area contributed by atoms with Crippen LogP contribution in [0.3, 0.4) is 0 Å². The van der Waals surface area contributed by atoms with Gasteiger partial charge in [-0.25, -0.2) is 13.2 Å². The van der Waals surface area contributed by atoms with E-state index >= 15 is 0 Å². The Morgan fingerprint density at radius 3 is 2.21 bits per heavy atom. The first-order valence-corrected chi connectivity index (χ1v) is 11.2. The Labute approximate surface area is 190 Å². The Kier molecular flexibility index (Phi) is 6.88. The topological polar surface area (TPSA) is 133 Å². The zero-order valence-corrected chi connectivity index (χ0v) is 18.6. The predicted octanol–water partition coefficient (Wildman–Crippen LogP) is 4.05. The lowest BCUT2D eigenvalue weighted by Crippen LogP contribution is -2.17. The molecule has 9 nitrogen and oxygen atoms in total. The van der Waals surface area contributed by atoms with Crippen LogP contribution in [0.15, 0.2) is 71.6 Å². The van der Waals surface area contributed by atoms with E-state index in [0.29, 0.717) is 11.3 Å². The number of nitro benzene ring substituents is 1. The minimum absolute atomic E-state index is 0.00159. The normalized spacial score (nSPS) is 11.0. The van der Waals surface area contributed by atoms with Crippen LogP contribution in [0.25, 0.3) is 0 Å². The highest BCUT2D eigenvalue weighted by atomic mass is 32.2. The van der Waals surface area contributed by atoms with Crippen LogP contribution in [0, 0.1) is 24.0 Å². The van der Waals surface area contributed by atoms with Crippen LogP contribution in [0.5, 0.6) is 0 Å². The van der Waals surface area contributed by atoms with Crippen LogP contribution in [0.2, 0.25) is 0 Å². The number of aryl methyl sites for hydroxylation is 2. The van der Waals surface area contributed by atoms with Gasteiger partial charge in [-0.05, 0) is 55.8 Å². The number of Topliss-reactive ketones (excluding diaryl/α,β-unsaturated/α-hetero) is 1. The van der Waals surface area contributed by atoms with Crippen molar-refractivity contribution >= 4 is 33.2 Å². The number of nitro groups is 1. The maximum Gasteiger partial charge on any atom is 0.338 e. The molecule has 0 spiro atoms. The lowest BCUT2D eigenvalue weighted by molar-refractivity contribution is -0.384. The first-order chi connectivity index (χ1) is 15.6. The van der Waals surface area contributed by atoms with Gasteiger partial charge in [0.15, 0.2) is 12.4 Å². The van der Waals surface area contributed by atoms with Gasteiger partial charge in [-0.3, -0.25) is 19.6 Å². The second-order valence-electron chi connectivity index (χ2n) is 7.25. The number of hydrogen-bond donors (Lipinski definition) is 1. The van der Waals surface area contributed by atoms with E-state index < -0.39 is 33.3 Å². The summed E-state index contributed by atoms with van der Waals surface area (Å²) in [5.74, 6) is -1.42. The number of nitrogens with one attached hydrogen (secondary N) is 1. The molecule has 3 aromatic carbocycles. The average Bonchev–Trinajstić information content (AvgIpc) is 2.78. The van der Waals surface area contributed by atoms with Crippen molar-refractivity contribution in [1.82, 2.24) is 0 Å². The van der Waals surface area contributed by atoms with Gasteiger partial charge in [-0.1, -0.05) is 23.8 Å². The smallest absolute Gasteiger partial charge is 0.338 e. The Morgan fingerprint density at radius 2 is 1.61 bits per heavy atom. The highest BCUT2D eigenvalue weighted by Crippen LogP contribution is 2.21. The molecule has 0 atom stereocenters. The van der Waals surface area contributed by atoms with Crippen molar-refractivity contribution in [3.05, 3.63) is 99.1 Å². The third-order valence-electron chi connectivity index (χ3n) is 4.78. The molecule has 1 N–H and O–H groups in total. The van der Waals surface area contributed by atoms with Crippen molar-refractivity contribution in [3.8, 4) is 0 Å². The summed E-state index contributed by atoms with van der Waals surface area (Å²) in [4.78, 5) is 34.8. The summed E-state index contributed by atoms with van der Waals surface area (Å²) in [6, 6.07) is 15.7. The molecule has 0 amide bonds. The molecule has 0 fully saturated rings. The number of carbonyl (C=O) groups excluding carboxylic acids is 2. The number of esters is 1. The molecule has 0 aliphatic rings. The zero-order chi connectivity index (χ0) is 24.2. The average molecular weight is 468 g/mol. The van der Waals surface area contributed by atoms with Gasteiger partial charge >= 0.3 is 5.97 Å². The van der Waals surface area contributed by atoms with Crippen LogP contribution < -0.4 is 4.72 Å². The number of non-ortho nitro benzene ring substituents is 1. The molecule has 0 heterocycles. The largest absolute Gasteiger partial charge is 0.454 e. The van der Waals surface area contributed by atoms with E-state index in [0.717, 1.165) is 5.56 Å².